The molecule has 1 aromatic heterocycles. The molecule has 31 heavy (non-hydrogen) atoms. The Morgan fingerprint density at radius 2 is 1.84 bits per heavy atom. The third-order valence-corrected chi connectivity index (χ3v) is 5.61. The fraction of sp³-hybridized carbons (Fsp3) is 0.286. The minimum atomic E-state index is -1.05. The number of carbonyl (C=O) groups is 2. The lowest BCUT2D eigenvalue weighted by molar-refractivity contribution is -0.143. The summed E-state index contributed by atoms with van der Waals surface area (Å²) in [6, 6.07) is 6.65. The Bertz CT molecular complexity index is 1210. The Morgan fingerprint density at radius 3 is 2.52 bits per heavy atom. The molecule has 10 heteroatoms. The number of thiazole rings is 1. The van der Waals surface area contributed by atoms with Crippen LogP contribution in [0.1, 0.15) is 23.7 Å². The number of amides is 1. The zero-order chi connectivity index (χ0) is 22.0. The van der Waals surface area contributed by atoms with Gasteiger partial charge in [-0.2, -0.15) is 4.99 Å². The summed E-state index contributed by atoms with van der Waals surface area (Å²) in [6.07, 6.45) is 0.0313. The topological polar surface area (TPSA) is 79.1 Å². The smallest absolute Gasteiger partial charge is 0.307 e. The fourth-order valence-electron chi connectivity index (χ4n) is 3.19. The number of hydrogen-bond donors (Lipinski definition) is 0. The van der Waals surface area contributed by atoms with E-state index in [0.29, 0.717) is 34.9 Å². The van der Waals surface area contributed by atoms with Crippen LogP contribution < -0.4 is 14.3 Å². The van der Waals surface area contributed by atoms with Crippen molar-refractivity contribution in [2.24, 2.45) is 4.99 Å². The van der Waals surface area contributed by atoms with Crippen molar-refractivity contribution in [3.05, 3.63) is 52.3 Å². The molecule has 1 aliphatic rings. The fourth-order valence-corrected chi connectivity index (χ4v) is 4.25. The van der Waals surface area contributed by atoms with Crippen LogP contribution in [0, 0.1) is 11.6 Å². The highest BCUT2D eigenvalue weighted by Crippen LogP contribution is 2.35. The van der Waals surface area contributed by atoms with Crippen molar-refractivity contribution in [2.75, 3.05) is 19.8 Å². The van der Waals surface area contributed by atoms with E-state index in [1.807, 2.05) is 0 Å². The Labute approximate surface area is 179 Å². The molecule has 1 aliphatic heterocycles. The number of rotatable bonds is 5. The lowest BCUT2D eigenvalue weighted by Gasteiger charge is -2.18. The molecule has 0 aliphatic carbocycles. The number of halogens is 2. The maximum absolute atomic E-state index is 14.0. The van der Waals surface area contributed by atoms with Gasteiger partial charge >= 0.3 is 5.97 Å². The van der Waals surface area contributed by atoms with Crippen molar-refractivity contribution in [3.8, 4) is 11.5 Å². The summed E-state index contributed by atoms with van der Waals surface area (Å²) < 4.78 is 46.6. The first kappa shape index (κ1) is 21.0. The summed E-state index contributed by atoms with van der Waals surface area (Å²) in [5.74, 6) is -2.38. The third kappa shape index (κ3) is 4.29. The predicted octanol–water partition coefficient (Wildman–Crippen LogP) is 3.45. The number of carbonyl (C=O) groups excluding carboxylic acids is 2. The van der Waals surface area contributed by atoms with Gasteiger partial charge in [-0.3, -0.25) is 9.59 Å². The zero-order valence-corrected chi connectivity index (χ0v) is 17.3. The average Bonchev–Trinajstić information content (AvgIpc) is 3.06. The molecule has 4 rings (SSSR count). The molecule has 0 unspecified atom stereocenters. The second-order valence-corrected chi connectivity index (χ2v) is 7.58. The number of aryl methyl sites for hydroxylation is 1. The first-order chi connectivity index (χ1) is 15.0. The largest absolute Gasteiger partial charge is 0.486 e. The van der Waals surface area contributed by atoms with E-state index >= 15 is 0 Å². The van der Waals surface area contributed by atoms with Crippen molar-refractivity contribution in [2.45, 2.75) is 19.9 Å². The number of ether oxygens (including phenoxy) is 3. The van der Waals surface area contributed by atoms with E-state index in [4.69, 9.17) is 14.2 Å². The summed E-state index contributed by atoms with van der Waals surface area (Å²) in [4.78, 5) is 28.6. The minimum Gasteiger partial charge on any atom is -0.486 e. The van der Waals surface area contributed by atoms with E-state index in [2.05, 4.69) is 4.99 Å². The Hall–Kier alpha value is -3.27. The van der Waals surface area contributed by atoms with Gasteiger partial charge in [-0.25, -0.2) is 8.78 Å². The normalized spacial score (nSPS) is 13.5. The molecule has 162 valence electrons. The van der Waals surface area contributed by atoms with Gasteiger partial charge in [0, 0.05) is 18.7 Å². The van der Waals surface area contributed by atoms with Crippen LogP contribution >= 0.6 is 11.3 Å². The summed E-state index contributed by atoms with van der Waals surface area (Å²) in [5, 5.41) is 0. The van der Waals surface area contributed by atoms with E-state index < -0.39 is 29.1 Å². The van der Waals surface area contributed by atoms with Crippen LogP contribution in [0.3, 0.4) is 0 Å². The third-order valence-electron chi connectivity index (χ3n) is 4.57. The Kier molecular flexibility index (Phi) is 5.99. The van der Waals surface area contributed by atoms with E-state index in [9.17, 15) is 18.4 Å². The number of esters is 1. The molecule has 0 spiro atoms. The van der Waals surface area contributed by atoms with Crippen LogP contribution in [-0.2, 0) is 16.1 Å². The van der Waals surface area contributed by atoms with Gasteiger partial charge in [0.05, 0.1) is 23.2 Å². The molecular weight excluding hydrogens is 430 g/mol. The van der Waals surface area contributed by atoms with Crippen molar-refractivity contribution in [3.63, 3.8) is 0 Å². The van der Waals surface area contributed by atoms with Crippen molar-refractivity contribution >= 4 is 33.4 Å². The predicted molar refractivity (Wildman–Crippen MR) is 108 cm³/mol. The van der Waals surface area contributed by atoms with E-state index in [1.165, 1.54) is 6.07 Å². The quantitative estimate of drug-likeness (QED) is 0.559. The molecule has 3 aromatic rings. The second-order valence-electron chi connectivity index (χ2n) is 6.57. The van der Waals surface area contributed by atoms with Gasteiger partial charge in [-0.1, -0.05) is 17.4 Å². The van der Waals surface area contributed by atoms with Crippen LogP contribution in [0.2, 0.25) is 0 Å². The highest BCUT2D eigenvalue weighted by Gasteiger charge is 2.20. The molecule has 0 fully saturated rings. The lowest BCUT2D eigenvalue weighted by Crippen LogP contribution is -2.20. The molecule has 0 bridgehead atoms. The SMILES string of the molecule is CCOC(=O)CCn1c(=NC(=O)c2c(F)cccc2F)sc2cc3c(cc21)OCCO3. The molecular formula is C21H18F2N2O5S. The Balaban J connectivity index is 1.82. The molecule has 0 saturated carbocycles. The molecule has 2 aromatic carbocycles. The Morgan fingerprint density at radius 1 is 1.16 bits per heavy atom. The molecule has 0 atom stereocenters. The van der Waals surface area contributed by atoms with Crippen LogP contribution in [0.25, 0.3) is 10.2 Å². The summed E-state index contributed by atoms with van der Waals surface area (Å²) in [6.45, 7) is 2.92. The molecule has 7 nitrogen and oxygen atoms in total. The average molecular weight is 448 g/mol. The van der Waals surface area contributed by atoms with Gasteiger partial charge in [0.15, 0.2) is 16.3 Å². The molecule has 2 heterocycles. The maximum atomic E-state index is 14.0. The monoisotopic (exact) mass is 448 g/mol. The van der Waals surface area contributed by atoms with E-state index in [-0.39, 0.29) is 24.4 Å². The number of benzene rings is 2. The standard InChI is InChI=1S/C21H18F2N2O5S/c1-2-28-18(26)6-7-25-14-10-15-16(30-9-8-29-15)11-17(14)31-21(25)24-20(27)19-12(22)4-3-5-13(19)23/h3-5,10-11H,2,6-9H2,1H3. The van der Waals surface area contributed by atoms with Crippen LogP contribution in [0.15, 0.2) is 35.3 Å². The maximum Gasteiger partial charge on any atom is 0.307 e. The number of nitrogens with zero attached hydrogens (tertiary/aromatic N) is 2. The molecule has 0 radical (unpaired) electrons. The van der Waals surface area contributed by atoms with Crippen LogP contribution in [0.4, 0.5) is 8.78 Å². The van der Waals surface area contributed by atoms with Crippen molar-refractivity contribution in [1.29, 1.82) is 0 Å². The summed E-state index contributed by atoms with van der Waals surface area (Å²) in [7, 11) is 0. The molecule has 0 N–H and O–H groups in total. The van der Waals surface area contributed by atoms with E-state index in [0.717, 1.165) is 23.5 Å². The first-order valence-electron chi connectivity index (χ1n) is 9.59. The van der Waals surface area contributed by atoms with Crippen molar-refractivity contribution in [1.82, 2.24) is 4.57 Å². The zero-order valence-electron chi connectivity index (χ0n) is 16.5. The van der Waals surface area contributed by atoms with Crippen LogP contribution in [0.5, 0.6) is 11.5 Å². The summed E-state index contributed by atoms with van der Waals surface area (Å²) in [5.41, 5.74) is -0.0815. The molecule has 1 amide bonds. The highest BCUT2D eigenvalue weighted by molar-refractivity contribution is 7.16. The molecule has 0 saturated heterocycles. The minimum absolute atomic E-state index is 0.0313. The van der Waals surface area contributed by atoms with E-state index in [1.54, 1.807) is 23.6 Å². The van der Waals surface area contributed by atoms with Gasteiger partial charge in [0.2, 0.25) is 0 Å². The lowest BCUT2D eigenvalue weighted by atomic mass is 10.2. The number of hydrogen-bond acceptors (Lipinski definition) is 6. The second kappa shape index (κ2) is 8.84. The first-order valence-corrected chi connectivity index (χ1v) is 10.4. The van der Waals surface area contributed by atoms with Crippen LogP contribution in [-0.4, -0.2) is 36.3 Å². The van der Waals surface area contributed by atoms with Gasteiger partial charge in [-0.15, -0.1) is 0 Å². The van der Waals surface area contributed by atoms with Gasteiger partial charge in [0.25, 0.3) is 5.91 Å². The van der Waals surface area contributed by atoms with Crippen molar-refractivity contribution < 1.29 is 32.6 Å². The number of fused-ring (bicyclic) bond motifs is 2. The highest BCUT2D eigenvalue weighted by atomic mass is 32.1. The number of aromatic nitrogens is 1. The van der Waals surface area contributed by atoms with Gasteiger partial charge in [-0.05, 0) is 19.1 Å². The van der Waals surface area contributed by atoms with Gasteiger partial charge in [0.1, 0.15) is 30.4 Å². The summed E-state index contributed by atoms with van der Waals surface area (Å²) >= 11 is 1.14. The van der Waals surface area contributed by atoms with Gasteiger partial charge < -0.3 is 18.8 Å².